The Labute approximate surface area is 142 Å². The molecule has 0 saturated carbocycles. The van der Waals surface area contributed by atoms with Crippen molar-refractivity contribution in [1.82, 2.24) is 0 Å². The van der Waals surface area contributed by atoms with Crippen molar-refractivity contribution in [3.8, 4) is 11.5 Å². The quantitative estimate of drug-likeness (QED) is 0.724. The second-order valence-electron chi connectivity index (χ2n) is 5.25. The first-order valence-electron chi connectivity index (χ1n) is 7.44. The van der Waals surface area contributed by atoms with Crippen molar-refractivity contribution in [1.29, 1.82) is 0 Å². The second kappa shape index (κ2) is 7.93. The molecule has 0 spiro atoms. The molecule has 1 N–H and O–H groups in total. The van der Waals surface area contributed by atoms with Crippen LogP contribution in [-0.4, -0.2) is 14.2 Å². The molecule has 0 atom stereocenters. The van der Waals surface area contributed by atoms with E-state index in [1.165, 1.54) is 0 Å². The highest BCUT2D eigenvalue weighted by molar-refractivity contribution is 6.31. The molecule has 0 bridgehead atoms. The van der Waals surface area contributed by atoms with Gasteiger partial charge in [-0.1, -0.05) is 23.7 Å². The third-order valence-corrected chi connectivity index (χ3v) is 4.14. The normalized spacial score (nSPS) is 10.3. The van der Waals surface area contributed by atoms with Gasteiger partial charge < -0.3 is 14.8 Å². The smallest absolute Gasteiger partial charge is 0.164 e. The van der Waals surface area contributed by atoms with Gasteiger partial charge in [0.25, 0.3) is 0 Å². The highest BCUT2D eigenvalue weighted by Gasteiger charge is 2.12. The number of halogens is 1. The lowest BCUT2D eigenvalue weighted by Crippen LogP contribution is -2.04. The minimum absolute atomic E-state index is 0.672. The number of hydrogen-bond acceptors (Lipinski definition) is 3. The molecule has 0 saturated heterocycles. The van der Waals surface area contributed by atoms with E-state index in [9.17, 15) is 0 Å². The fourth-order valence-corrected chi connectivity index (χ4v) is 2.69. The van der Waals surface area contributed by atoms with Crippen LogP contribution in [0.2, 0.25) is 5.02 Å². The number of methoxy groups -OCH3 is 2. The number of anilines is 1. The molecule has 3 nitrogen and oxygen atoms in total. The van der Waals surface area contributed by atoms with E-state index in [1.807, 2.05) is 37.3 Å². The van der Waals surface area contributed by atoms with E-state index in [0.717, 1.165) is 45.3 Å². The molecule has 0 radical (unpaired) electrons. The van der Waals surface area contributed by atoms with Gasteiger partial charge in [0.15, 0.2) is 11.5 Å². The predicted molar refractivity (Wildman–Crippen MR) is 97.0 cm³/mol. The van der Waals surface area contributed by atoms with Crippen LogP contribution < -0.4 is 14.8 Å². The second-order valence-corrected chi connectivity index (χ2v) is 5.66. The van der Waals surface area contributed by atoms with Gasteiger partial charge >= 0.3 is 0 Å². The fourth-order valence-electron chi connectivity index (χ4n) is 2.51. The molecule has 122 valence electrons. The lowest BCUT2D eigenvalue weighted by Gasteiger charge is -2.16. The van der Waals surface area contributed by atoms with E-state index < -0.39 is 0 Å². The van der Waals surface area contributed by atoms with Crippen LogP contribution >= 0.6 is 11.6 Å². The highest BCUT2D eigenvalue weighted by atomic mass is 35.5. The monoisotopic (exact) mass is 331 g/mol. The van der Waals surface area contributed by atoms with Crippen LogP contribution in [0.5, 0.6) is 11.5 Å². The van der Waals surface area contributed by atoms with Gasteiger partial charge in [0.05, 0.1) is 14.2 Å². The van der Waals surface area contributed by atoms with Crippen molar-refractivity contribution < 1.29 is 9.47 Å². The summed E-state index contributed by atoms with van der Waals surface area (Å²) in [7, 11) is 3.30. The average molecular weight is 332 g/mol. The van der Waals surface area contributed by atoms with Gasteiger partial charge in [0, 0.05) is 22.8 Å². The van der Waals surface area contributed by atoms with Gasteiger partial charge in [-0.15, -0.1) is 6.58 Å². The first-order valence-corrected chi connectivity index (χ1v) is 7.82. The molecular weight excluding hydrogens is 310 g/mol. The summed E-state index contributed by atoms with van der Waals surface area (Å²) in [5, 5.41) is 4.18. The number of hydrogen-bond donors (Lipinski definition) is 1. The molecular formula is C19H22ClNO2. The van der Waals surface area contributed by atoms with Crippen LogP contribution in [0.1, 0.15) is 16.7 Å². The van der Waals surface area contributed by atoms with E-state index >= 15 is 0 Å². The van der Waals surface area contributed by atoms with Gasteiger partial charge in [-0.2, -0.15) is 0 Å². The summed E-state index contributed by atoms with van der Waals surface area (Å²) in [6, 6.07) is 9.94. The van der Waals surface area contributed by atoms with Crippen LogP contribution in [0.3, 0.4) is 0 Å². The van der Waals surface area contributed by atoms with E-state index in [1.54, 1.807) is 14.2 Å². The van der Waals surface area contributed by atoms with Crippen molar-refractivity contribution >= 4 is 17.3 Å². The Bertz CT molecular complexity index is 698. The molecule has 0 aliphatic heterocycles. The summed E-state index contributed by atoms with van der Waals surface area (Å²) < 4.78 is 10.9. The van der Waals surface area contributed by atoms with Crippen LogP contribution in [0.4, 0.5) is 5.69 Å². The van der Waals surface area contributed by atoms with E-state index in [4.69, 9.17) is 21.1 Å². The Balaban J connectivity index is 2.27. The summed E-state index contributed by atoms with van der Waals surface area (Å²) in [5.41, 5.74) is 4.24. The molecule has 0 aliphatic rings. The third kappa shape index (κ3) is 3.99. The predicted octanol–water partition coefficient (Wildman–Crippen LogP) is 5.01. The van der Waals surface area contributed by atoms with Gasteiger partial charge in [-0.25, -0.2) is 0 Å². The first kappa shape index (κ1) is 17.2. The van der Waals surface area contributed by atoms with E-state index in [2.05, 4.69) is 18.0 Å². The van der Waals surface area contributed by atoms with Gasteiger partial charge in [-0.05, 0) is 48.7 Å². The maximum atomic E-state index is 6.16. The number of nitrogens with one attached hydrogen (secondary N) is 1. The van der Waals surface area contributed by atoms with Crippen LogP contribution in [0, 0.1) is 6.92 Å². The van der Waals surface area contributed by atoms with E-state index in [-0.39, 0.29) is 0 Å². The molecule has 0 unspecified atom stereocenters. The molecule has 0 aliphatic carbocycles. The lowest BCUT2D eigenvalue weighted by atomic mass is 10.1. The van der Waals surface area contributed by atoms with Gasteiger partial charge in [0.2, 0.25) is 0 Å². The van der Waals surface area contributed by atoms with Crippen LogP contribution in [0.15, 0.2) is 43.0 Å². The Hall–Kier alpha value is -2.13. The average Bonchev–Trinajstić information content (AvgIpc) is 2.56. The zero-order valence-electron chi connectivity index (χ0n) is 13.8. The first-order chi connectivity index (χ1) is 11.1. The molecule has 23 heavy (non-hydrogen) atoms. The lowest BCUT2D eigenvalue weighted by molar-refractivity contribution is 0.352. The molecule has 0 fully saturated rings. The number of ether oxygens (including phenoxy) is 2. The summed E-state index contributed by atoms with van der Waals surface area (Å²) in [6.45, 7) is 6.48. The SMILES string of the molecule is C=CCc1cc(CNc2cccc(Cl)c2C)cc(OC)c1OC. The van der Waals surface area contributed by atoms with Crippen molar-refractivity contribution in [3.05, 3.63) is 64.7 Å². The molecule has 0 aromatic heterocycles. The molecule has 2 rings (SSSR count). The van der Waals surface area contributed by atoms with Gasteiger partial charge in [0.1, 0.15) is 0 Å². The van der Waals surface area contributed by atoms with E-state index in [0.29, 0.717) is 6.54 Å². The summed E-state index contributed by atoms with van der Waals surface area (Å²) in [4.78, 5) is 0. The Kier molecular flexibility index (Phi) is 5.94. The maximum absolute atomic E-state index is 6.16. The van der Waals surface area contributed by atoms with Crippen LogP contribution in [-0.2, 0) is 13.0 Å². The molecule has 2 aromatic carbocycles. The minimum atomic E-state index is 0.672. The fraction of sp³-hybridized carbons (Fsp3) is 0.263. The van der Waals surface area contributed by atoms with Gasteiger partial charge in [-0.3, -0.25) is 0 Å². The number of benzene rings is 2. The minimum Gasteiger partial charge on any atom is -0.493 e. The largest absolute Gasteiger partial charge is 0.493 e. The zero-order chi connectivity index (χ0) is 16.8. The molecule has 4 heteroatoms. The van der Waals surface area contributed by atoms with Crippen LogP contribution in [0.25, 0.3) is 0 Å². The zero-order valence-corrected chi connectivity index (χ0v) is 14.5. The Morgan fingerprint density at radius 3 is 2.65 bits per heavy atom. The molecule has 2 aromatic rings. The molecule has 0 amide bonds. The maximum Gasteiger partial charge on any atom is 0.164 e. The number of rotatable bonds is 7. The Morgan fingerprint density at radius 1 is 1.22 bits per heavy atom. The highest BCUT2D eigenvalue weighted by Crippen LogP contribution is 2.33. The Morgan fingerprint density at radius 2 is 2.00 bits per heavy atom. The summed E-state index contributed by atoms with van der Waals surface area (Å²) in [6.07, 6.45) is 2.58. The standard InChI is InChI=1S/C19H22ClNO2/c1-5-7-15-10-14(11-18(22-3)19(15)23-4)12-21-17-9-6-8-16(20)13(17)2/h5-6,8-11,21H,1,7,12H2,2-4H3. The topological polar surface area (TPSA) is 30.5 Å². The number of allylic oxidation sites excluding steroid dienone is 1. The van der Waals surface area contributed by atoms with Crippen molar-refractivity contribution in [3.63, 3.8) is 0 Å². The van der Waals surface area contributed by atoms with Crippen molar-refractivity contribution in [2.24, 2.45) is 0 Å². The van der Waals surface area contributed by atoms with Crippen molar-refractivity contribution in [2.45, 2.75) is 19.9 Å². The molecule has 0 heterocycles. The van der Waals surface area contributed by atoms with Crippen molar-refractivity contribution in [2.75, 3.05) is 19.5 Å². The third-order valence-electron chi connectivity index (χ3n) is 3.73. The summed E-state index contributed by atoms with van der Waals surface area (Å²) >= 11 is 6.16. The summed E-state index contributed by atoms with van der Waals surface area (Å²) in [5.74, 6) is 1.49.